The number of benzene rings is 1. The molecule has 5 heteroatoms. The van der Waals surface area contributed by atoms with Gasteiger partial charge in [0, 0.05) is 31.1 Å². The lowest BCUT2D eigenvalue weighted by Crippen LogP contribution is -2.42. The molecule has 3 rings (SSSR count). The molecule has 2 bridgehead atoms. The van der Waals surface area contributed by atoms with Gasteiger partial charge in [-0.15, -0.1) is 0 Å². The van der Waals surface area contributed by atoms with Crippen molar-refractivity contribution in [1.29, 1.82) is 0 Å². The van der Waals surface area contributed by atoms with Crippen LogP contribution in [-0.2, 0) is 11.3 Å². The van der Waals surface area contributed by atoms with Gasteiger partial charge in [0.25, 0.3) is 0 Å². The third kappa shape index (κ3) is 4.25. The lowest BCUT2D eigenvalue weighted by molar-refractivity contribution is -0.134. The highest BCUT2D eigenvalue weighted by Crippen LogP contribution is 2.33. The van der Waals surface area contributed by atoms with Crippen LogP contribution in [-0.4, -0.2) is 28.9 Å². The van der Waals surface area contributed by atoms with Crippen LogP contribution < -0.4 is 5.32 Å². The minimum Gasteiger partial charge on any atom is -0.336 e. The number of fused-ring (bicyclic) bond motifs is 2. The molecule has 132 valence electrons. The average Bonchev–Trinajstić information content (AvgIpc) is 2.86. The van der Waals surface area contributed by atoms with E-state index in [2.05, 4.69) is 19.2 Å². The Morgan fingerprint density at radius 1 is 1.21 bits per heavy atom. The number of hydrogen-bond donors (Lipinski definition) is 1. The first kappa shape index (κ1) is 18.0. The van der Waals surface area contributed by atoms with Crippen LogP contribution in [0.4, 0.5) is 0 Å². The monoisotopic (exact) mass is 368 g/mol. The molecule has 2 saturated heterocycles. The van der Waals surface area contributed by atoms with Gasteiger partial charge in [-0.25, -0.2) is 0 Å². The maximum absolute atomic E-state index is 12.9. The van der Waals surface area contributed by atoms with Crippen LogP contribution in [0.1, 0.15) is 51.5 Å². The van der Waals surface area contributed by atoms with Crippen LogP contribution in [0.25, 0.3) is 0 Å². The Kier molecular flexibility index (Phi) is 5.74. The zero-order chi connectivity index (χ0) is 17.3. The summed E-state index contributed by atoms with van der Waals surface area (Å²) in [6.07, 6.45) is 5.48. The topological polar surface area (TPSA) is 32.3 Å². The van der Waals surface area contributed by atoms with Crippen LogP contribution in [0.5, 0.6) is 0 Å². The number of nitrogens with one attached hydrogen (secondary N) is 1. The first-order valence-electron chi connectivity index (χ1n) is 8.92. The maximum Gasteiger partial charge on any atom is 0.223 e. The summed E-state index contributed by atoms with van der Waals surface area (Å²) in [7, 11) is 0. The van der Waals surface area contributed by atoms with Gasteiger partial charge in [-0.1, -0.05) is 29.3 Å². The van der Waals surface area contributed by atoms with E-state index >= 15 is 0 Å². The molecular formula is C19H26Cl2N2O. The molecule has 0 radical (unpaired) electrons. The first-order valence-corrected chi connectivity index (χ1v) is 9.67. The standard InChI is InChI=1S/C19H26Cl2N2O/c1-12(2)23(11-13-3-6-17(20)18(21)9-13)19(24)10-14-7-15-4-5-16(8-14)22-15/h3,6,9,12,14-16,22H,4-5,7-8,10-11H2,1-2H3. The van der Waals surface area contributed by atoms with E-state index in [4.69, 9.17) is 23.2 Å². The molecule has 0 spiro atoms. The summed E-state index contributed by atoms with van der Waals surface area (Å²) in [5, 5.41) is 4.74. The van der Waals surface area contributed by atoms with Crippen molar-refractivity contribution in [3.05, 3.63) is 33.8 Å². The highest BCUT2D eigenvalue weighted by atomic mass is 35.5. The number of carbonyl (C=O) groups excluding carboxylic acids is 1. The number of rotatable bonds is 5. The third-order valence-corrected chi connectivity index (χ3v) is 6.05. The Morgan fingerprint density at radius 2 is 1.88 bits per heavy atom. The number of hydrogen-bond acceptors (Lipinski definition) is 2. The molecule has 2 aliphatic rings. The van der Waals surface area contributed by atoms with E-state index in [0.717, 1.165) is 18.4 Å². The van der Waals surface area contributed by atoms with Crippen LogP contribution in [0, 0.1) is 5.92 Å². The fourth-order valence-corrected chi connectivity index (χ4v) is 4.42. The molecule has 0 saturated carbocycles. The molecule has 2 fully saturated rings. The van der Waals surface area contributed by atoms with Gasteiger partial charge in [-0.2, -0.15) is 0 Å². The number of nitrogens with zero attached hydrogens (tertiary/aromatic N) is 1. The van der Waals surface area contributed by atoms with Crippen molar-refractivity contribution < 1.29 is 4.79 Å². The zero-order valence-corrected chi connectivity index (χ0v) is 15.9. The van der Waals surface area contributed by atoms with E-state index in [9.17, 15) is 4.79 Å². The molecule has 0 aromatic heterocycles. The normalized spacial score (nSPS) is 26.0. The summed E-state index contributed by atoms with van der Waals surface area (Å²) in [4.78, 5) is 14.9. The van der Waals surface area contributed by atoms with Crippen molar-refractivity contribution in [3.8, 4) is 0 Å². The number of halogens is 2. The van der Waals surface area contributed by atoms with Crippen molar-refractivity contribution in [2.45, 2.75) is 70.6 Å². The van der Waals surface area contributed by atoms with Gasteiger partial charge >= 0.3 is 0 Å². The second-order valence-corrected chi connectivity index (χ2v) is 8.36. The van der Waals surface area contributed by atoms with Gasteiger partial charge < -0.3 is 10.2 Å². The Bertz CT molecular complexity index is 593. The smallest absolute Gasteiger partial charge is 0.223 e. The molecule has 3 nitrogen and oxygen atoms in total. The summed E-state index contributed by atoms with van der Waals surface area (Å²) in [6.45, 7) is 4.73. The molecule has 2 aliphatic heterocycles. The van der Waals surface area contributed by atoms with E-state index in [1.165, 1.54) is 12.8 Å². The summed E-state index contributed by atoms with van der Waals surface area (Å²) >= 11 is 12.1. The molecule has 1 N–H and O–H groups in total. The van der Waals surface area contributed by atoms with E-state index in [1.54, 1.807) is 6.07 Å². The number of piperidine rings is 1. The maximum atomic E-state index is 12.9. The second kappa shape index (κ2) is 7.63. The predicted molar refractivity (Wildman–Crippen MR) is 99.4 cm³/mol. The second-order valence-electron chi connectivity index (χ2n) is 7.54. The van der Waals surface area contributed by atoms with Crippen molar-refractivity contribution in [2.24, 2.45) is 5.92 Å². The molecule has 2 atom stereocenters. The predicted octanol–water partition coefficient (Wildman–Crippen LogP) is 4.65. The Hall–Kier alpha value is -0.770. The highest BCUT2D eigenvalue weighted by molar-refractivity contribution is 6.42. The van der Waals surface area contributed by atoms with Crippen molar-refractivity contribution >= 4 is 29.1 Å². The molecule has 2 unspecified atom stereocenters. The third-order valence-electron chi connectivity index (χ3n) is 5.31. The minimum atomic E-state index is 0.172. The summed E-state index contributed by atoms with van der Waals surface area (Å²) in [5.74, 6) is 0.772. The van der Waals surface area contributed by atoms with Crippen molar-refractivity contribution in [1.82, 2.24) is 10.2 Å². The lowest BCUT2D eigenvalue weighted by atomic mass is 9.89. The Balaban J connectivity index is 1.64. The van der Waals surface area contributed by atoms with E-state index in [0.29, 0.717) is 41.0 Å². The highest BCUT2D eigenvalue weighted by Gasteiger charge is 2.35. The fraction of sp³-hybridized carbons (Fsp3) is 0.632. The van der Waals surface area contributed by atoms with E-state index in [-0.39, 0.29) is 11.9 Å². The zero-order valence-electron chi connectivity index (χ0n) is 14.4. The van der Waals surface area contributed by atoms with Gasteiger partial charge in [-0.05, 0) is 63.1 Å². The van der Waals surface area contributed by atoms with Crippen LogP contribution in [0.3, 0.4) is 0 Å². The van der Waals surface area contributed by atoms with E-state index in [1.807, 2.05) is 17.0 Å². The Labute approximate surface area is 154 Å². The molecular weight excluding hydrogens is 343 g/mol. The van der Waals surface area contributed by atoms with Gasteiger partial charge in [0.2, 0.25) is 5.91 Å². The summed E-state index contributed by atoms with van der Waals surface area (Å²) in [6, 6.07) is 7.03. The molecule has 2 heterocycles. The Morgan fingerprint density at radius 3 is 2.46 bits per heavy atom. The molecule has 1 amide bonds. The summed E-state index contributed by atoms with van der Waals surface area (Å²) < 4.78 is 0. The fourth-order valence-electron chi connectivity index (χ4n) is 4.10. The lowest BCUT2D eigenvalue weighted by Gasteiger charge is -2.32. The van der Waals surface area contributed by atoms with Crippen LogP contribution in [0.2, 0.25) is 10.0 Å². The summed E-state index contributed by atoms with van der Waals surface area (Å²) in [5.41, 5.74) is 1.02. The molecule has 1 aromatic rings. The molecule has 1 aromatic carbocycles. The largest absolute Gasteiger partial charge is 0.336 e. The minimum absolute atomic E-state index is 0.172. The first-order chi connectivity index (χ1) is 11.4. The molecule has 0 aliphatic carbocycles. The van der Waals surface area contributed by atoms with Crippen LogP contribution in [0.15, 0.2) is 18.2 Å². The molecule has 24 heavy (non-hydrogen) atoms. The van der Waals surface area contributed by atoms with Crippen molar-refractivity contribution in [3.63, 3.8) is 0 Å². The van der Waals surface area contributed by atoms with E-state index < -0.39 is 0 Å². The quantitative estimate of drug-likeness (QED) is 0.819. The van der Waals surface area contributed by atoms with Crippen LogP contribution >= 0.6 is 23.2 Å². The van der Waals surface area contributed by atoms with Crippen molar-refractivity contribution in [2.75, 3.05) is 0 Å². The van der Waals surface area contributed by atoms with Gasteiger partial charge in [0.15, 0.2) is 0 Å². The van der Waals surface area contributed by atoms with Gasteiger partial charge in [0.1, 0.15) is 0 Å². The SMILES string of the molecule is CC(C)N(Cc1ccc(Cl)c(Cl)c1)C(=O)CC1CC2CCC(C1)N2. The average molecular weight is 369 g/mol. The van der Waals surface area contributed by atoms with Gasteiger partial charge in [-0.3, -0.25) is 4.79 Å². The van der Waals surface area contributed by atoms with Gasteiger partial charge in [0.05, 0.1) is 10.0 Å². The number of amides is 1. The number of carbonyl (C=O) groups is 1.